The summed E-state index contributed by atoms with van der Waals surface area (Å²) in [7, 11) is 0. The maximum Gasteiger partial charge on any atom is 0.159 e. The monoisotopic (exact) mass is 433 g/mol. The van der Waals surface area contributed by atoms with E-state index in [1.807, 2.05) is 80.7 Å². The number of rotatable bonds is 5. The SMILES string of the molecule is CC.CC(=O)c1ccc(-c2cccnc2)cc1.CCC.CCCc1ccc(C(C)=O)cc1. The lowest BCUT2D eigenvalue weighted by molar-refractivity contribution is 0.100. The van der Waals surface area contributed by atoms with E-state index in [0.29, 0.717) is 0 Å². The number of carbonyl (C=O) groups is 2. The van der Waals surface area contributed by atoms with Crippen molar-refractivity contribution in [2.45, 2.75) is 67.7 Å². The predicted molar refractivity (Wildman–Crippen MR) is 137 cm³/mol. The van der Waals surface area contributed by atoms with Gasteiger partial charge in [-0.1, -0.05) is 102 Å². The molecule has 0 unspecified atom stereocenters. The molecule has 0 saturated carbocycles. The van der Waals surface area contributed by atoms with Gasteiger partial charge in [-0.3, -0.25) is 14.6 Å². The third-order valence-corrected chi connectivity index (χ3v) is 4.19. The first kappa shape index (κ1) is 28.9. The number of aryl methyl sites for hydroxylation is 1. The number of aromatic nitrogens is 1. The van der Waals surface area contributed by atoms with Crippen molar-refractivity contribution in [3.8, 4) is 11.1 Å². The molecule has 32 heavy (non-hydrogen) atoms. The highest BCUT2D eigenvalue weighted by molar-refractivity contribution is 5.94. The Morgan fingerprint density at radius 1 is 0.719 bits per heavy atom. The van der Waals surface area contributed by atoms with E-state index in [1.54, 1.807) is 20.0 Å². The zero-order valence-corrected chi connectivity index (χ0v) is 20.8. The minimum atomic E-state index is 0.0905. The normalized spacial score (nSPS) is 9.09. The number of carbonyl (C=O) groups excluding carboxylic acids is 2. The molecule has 0 atom stereocenters. The average Bonchev–Trinajstić information content (AvgIpc) is 2.82. The summed E-state index contributed by atoms with van der Waals surface area (Å²) in [6.45, 7) is 13.6. The summed E-state index contributed by atoms with van der Waals surface area (Å²) in [5, 5.41) is 0. The average molecular weight is 434 g/mol. The molecule has 2 aromatic carbocycles. The molecule has 0 saturated heterocycles. The first-order chi connectivity index (χ1) is 15.4. The predicted octanol–water partition coefficient (Wildman–Crippen LogP) is 8.24. The summed E-state index contributed by atoms with van der Waals surface area (Å²) in [5.41, 5.74) is 4.99. The standard InChI is InChI=1S/C13H11NO.C11H14O.C3H8.C2H6/c1-10(15)11-4-6-12(7-5-11)13-3-2-8-14-9-13;1-3-4-10-5-7-11(8-6-10)9(2)12;1-3-2;1-2/h2-9H,1H3;5-8H,3-4H2,1-2H3;3H2,1-2H3;1-2H3. The van der Waals surface area contributed by atoms with Gasteiger partial charge in [-0.25, -0.2) is 0 Å². The Morgan fingerprint density at radius 2 is 1.19 bits per heavy atom. The second-order valence-corrected chi connectivity index (χ2v) is 7.09. The van der Waals surface area contributed by atoms with Gasteiger partial charge in [0.15, 0.2) is 11.6 Å². The van der Waals surface area contributed by atoms with Crippen LogP contribution in [0.1, 0.15) is 87.6 Å². The molecule has 0 aliphatic carbocycles. The molecule has 3 rings (SSSR count). The van der Waals surface area contributed by atoms with E-state index in [9.17, 15) is 9.59 Å². The molecular formula is C29H39NO2. The quantitative estimate of drug-likeness (QED) is 0.381. The van der Waals surface area contributed by atoms with Gasteiger partial charge >= 0.3 is 0 Å². The number of benzene rings is 2. The number of hydrogen-bond acceptors (Lipinski definition) is 3. The van der Waals surface area contributed by atoms with Crippen LogP contribution in [0.15, 0.2) is 73.1 Å². The van der Waals surface area contributed by atoms with Crippen LogP contribution < -0.4 is 0 Å². The van der Waals surface area contributed by atoms with Crippen molar-refractivity contribution < 1.29 is 9.59 Å². The Morgan fingerprint density at radius 3 is 1.56 bits per heavy atom. The number of Topliss-reactive ketones (excluding diaryl/α,β-unsaturated/α-hetero) is 2. The zero-order chi connectivity index (χ0) is 24.4. The largest absolute Gasteiger partial charge is 0.295 e. The fraction of sp³-hybridized carbons (Fsp3) is 0.345. The molecular weight excluding hydrogens is 394 g/mol. The van der Waals surface area contributed by atoms with Crippen molar-refractivity contribution in [3.63, 3.8) is 0 Å². The third-order valence-electron chi connectivity index (χ3n) is 4.19. The highest BCUT2D eigenvalue weighted by Gasteiger charge is 2.00. The van der Waals surface area contributed by atoms with Gasteiger partial charge in [0.2, 0.25) is 0 Å². The van der Waals surface area contributed by atoms with Crippen LogP contribution in [0.25, 0.3) is 11.1 Å². The van der Waals surface area contributed by atoms with Gasteiger partial charge in [-0.2, -0.15) is 0 Å². The van der Waals surface area contributed by atoms with Crippen LogP contribution in [0.3, 0.4) is 0 Å². The summed E-state index contributed by atoms with van der Waals surface area (Å²) < 4.78 is 0. The van der Waals surface area contributed by atoms with Gasteiger partial charge < -0.3 is 0 Å². The Labute approximate surface area is 194 Å². The first-order valence-electron chi connectivity index (χ1n) is 11.5. The molecule has 0 aliphatic heterocycles. The van der Waals surface area contributed by atoms with Gasteiger partial charge in [0.1, 0.15) is 0 Å². The van der Waals surface area contributed by atoms with E-state index in [-0.39, 0.29) is 11.6 Å². The maximum atomic E-state index is 11.1. The second-order valence-electron chi connectivity index (χ2n) is 7.09. The fourth-order valence-electron chi connectivity index (χ4n) is 2.63. The molecule has 0 fully saturated rings. The summed E-state index contributed by atoms with van der Waals surface area (Å²) in [5.74, 6) is 0.228. The molecule has 0 N–H and O–H groups in total. The van der Waals surface area contributed by atoms with Crippen molar-refractivity contribution in [1.82, 2.24) is 4.98 Å². The van der Waals surface area contributed by atoms with Crippen LogP contribution in [-0.4, -0.2) is 16.6 Å². The van der Waals surface area contributed by atoms with Gasteiger partial charge in [0, 0.05) is 23.5 Å². The van der Waals surface area contributed by atoms with E-state index in [2.05, 4.69) is 25.8 Å². The molecule has 1 aromatic heterocycles. The van der Waals surface area contributed by atoms with E-state index < -0.39 is 0 Å². The minimum absolute atomic E-state index is 0.0905. The molecule has 3 aromatic rings. The highest BCUT2D eigenvalue weighted by Crippen LogP contribution is 2.18. The molecule has 0 amide bonds. The van der Waals surface area contributed by atoms with Crippen LogP contribution in [0.5, 0.6) is 0 Å². The zero-order valence-electron chi connectivity index (χ0n) is 20.8. The summed E-state index contributed by atoms with van der Waals surface area (Å²) in [4.78, 5) is 26.0. The summed E-state index contributed by atoms with van der Waals surface area (Å²) >= 11 is 0. The van der Waals surface area contributed by atoms with Gasteiger partial charge in [-0.15, -0.1) is 0 Å². The number of nitrogens with zero attached hydrogens (tertiary/aromatic N) is 1. The Hall–Kier alpha value is -3.07. The lowest BCUT2D eigenvalue weighted by Gasteiger charge is -2.01. The third kappa shape index (κ3) is 11.4. The van der Waals surface area contributed by atoms with Crippen molar-refractivity contribution in [2.24, 2.45) is 0 Å². The van der Waals surface area contributed by atoms with Crippen molar-refractivity contribution in [2.75, 3.05) is 0 Å². The maximum absolute atomic E-state index is 11.1. The molecule has 0 spiro atoms. The van der Waals surface area contributed by atoms with Gasteiger partial charge in [0.05, 0.1) is 0 Å². The number of pyridine rings is 1. The van der Waals surface area contributed by atoms with Crippen LogP contribution in [-0.2, 0) is 6.42 Å². The van der Waals surface area contributed by atoms with Crippen LogP contribution >= 0.6 is 0 Å². The molecule has 3 nitrogen and oxygen atoms in total. The lowest BCUT2D eigenvalue weighted by Crippen LogP contribution is -1.91. The number of hydrogen-bond donors (Lipinski definition) is 0. The summed E-state index contributed by atoms with van der Waals surface area (Å²) in [6, 6.07) is 19.3. The molecule has 0 aliphatic rings. The Kier molecular flexibility index (Phi) is 15.9. The van der Waals surface area contributed by atoms with E-state index in [0.717, 1.165) is 35.1 Å². The number of ketones is 2. The smallest absolute Gasteiger partial charge is 0.159 e. The topological polar surface area (TPSA) is 47.0 Å². The molecule has 1 heterocycles. The molecule has 0 radical (unpaired) electrons. The van der Waals surface area contributed by atoms with Crippen molar-refractivity contribution >= 4 is 11.6 Å². The second kappa shape index (κ2) is 17.6. The minimum Gasteiger partial charge on any atom is -0.295 e. The Bertz CT molecular complexity index is 883. The highest BCUT2D eigenvalue weighted by atomic mass is 16.1. The van der Waals surface area contributed by atoms with E-state index >= 15 is 0 Å². The first-order valence-corrected chi connectivity index (χ1v) is 11.5. The molecule has 3 heteroatoms. The van der Waals surface area contributed by atoms with E-state index in [4.69, 9.17) is 0 Å². The van der Waals surface area contributed by atoms with Crippen molar-refractivity contribution in [3.05, 3.63) is 89.7 Å². The van der Waals surface area contributed by atoms with Crippen molar-refractivity contribution in [1.29, 1.82) is 0 Å². The lowest BCUT2D eigenvalue weighted by atomic mass is 10.0. The van der Waals surface area contributed by atoms with Crippen LogP contribution in [0.4, 0.5) is 0 Å². The van der Waals surface area contributed by atoms with Crippen LogP contribution in [0.2, 0.25) is 0 Å². The molecule has 172 valence electrons. The summed E-state index contributed by atoms with van der Waals surface area (Å²) in [6.07, 6.45) is 7.05. The van der Waals surface area contributed by atoms with Crippen LogP contribution in [0, 0.1) is 0 Å². The fourth-order valence-corrected chi connectivity index (χ4v) is 2.63. The van der Waals surface area contributed by atoms with Gasteiger partial charge in [0.25, 0.3) is 0 Å². The van der Waals surface area contributed by atoms with E-state index in [1.165, 1.54) is 12.0 Å². The molecule has 0 bridgehead atoms. The Balaban J connectivity index is 0.000000509. The van der Waals surface area contributed by atoms with Gasteiger partial charge in [-0.05, 0) is 43.0 Å².